The fraction of sp³-hybridized carbons (Fsp3) is 0.409. The number of likely N-dealkylation sites (N-methyl/N-ethyl adjacent to an activating group) is 1. The Morgan fingerprint density at radius 1 is 0.969 bits per heavy atom. The quantitative estimate of drug-likeness (QED) is 0.341. The molecule has 2 aliphatic rings. The van der Waals surface area contributed by atoms with E-state index in [4.69, 9.17) is 20.0 Å². The van der Waals surface area contributed by atoms with Crippen molar-refractivity contribution in [1.82, 2.24) is 5.06 Å². The Labute approximate surface area is 188 Å². The van der Waals surface area contributed by atoms with Crippen LogP contribution in [0, 0.1) is 0 Å². The normalized spacial score (nSPS) is 11.7. The lowest BCUT2D eigenvalue weighted by Crippen LogP contribution is -2.35. The van der Waals surface area contributed by atoms with Crippen LogP contribution in [0.3, 0.4) is 0 Å². The Kier molecular flexibility index (Phi) is 8.41. The van der Waals surface area contributed by atoms with E-state index in [2.05, 4.69) is 0 Å². The van der Waals surface area contributed by atoms with E-state index in [1.165, 1.54) is 7.05 Å². The summed E-state index contributed by atoms with van der Waals surface area (Å²) in [6.07, 6.45) is -0.0169. The van der Waals surface area contributed by atoms with E-state index in [-0.39, 0.29) is 42.4 Å². The van der Waals surface area contributed by atoms with Gasteiger partial charge in [0.2, 0.25) is 5.91 Å². The lowest BCUT2D eigenvalue weighted by molar-refractivity contribution is -0.199. The number of hydroxylamine groups is 2. The lowest BCUT2D eigenvalue weighted by atomic mass is 10.1. The zero-order valence-electron chi connectivity index (χ0n) is 18.9. The van der Waals surface area contributed by atoms with E-state index >= 15 is 0 Å². The van der Waals surface area contributed by atoms with Gasteiger partial charge in [0.15, 0.2) is 0 Å². The van der Waals surface area contributed by atoms with Crippen molar-refractivity contribution >= 4 is 32.0 Å². The smallest absolute Gasteiger partial charge is 0.340 e. The van der Waals surface area contributed by atoms with Gasteiger partial charge in [0.1, 0.15) is 5.34 Å². The fourth-order valence-electron chi connectivity index (χ4n) is 3.14. The largest absolute Gasteiger partial charge is 0.462 e. The number of carbonyl (C=O) groups is 3. The van der Waals surface area contributed by atoms with E-state index in [0.29, 0.717) is 16.7 Å². The van der Waals surface area contributed by atoms with Gasteiger partial charge in [0.05, 0.1) is 44.9 Å². The first-order chi connectivity index (χ1) is 15.1. The molecule has 32 heavy (non-hydrogen) atoms. The van der Waals surface area contributed by atoms with Gasteiger partial charge in [-0.3, -0.25) is 9.63 Å². The predicted molar refractivity (Wildman–Crippen MR) is 121 cm³/mol. The maximum atomic E-state index is 12.6. The van der Waals surface area contributed by atoms with Gasteiger partial charge >= 0.3 is 11.9 Å². The maximum Gasteiger partial charge on any atom is 0.340 e. The molecule has 0 aromatic carbocycles. The van der Waals surface area contributed by atoms with Crippen molar-refractivity contribution in [1.29, 1.82) is 0 Å². The number of fused-ring (bicyclic) bond motifs is 1. The number of rotatable bonds is 9. The van der Waals surface area contributed by atoms with Gasteiger partial charge in [0.25, 0.3) is 0 Å². The number of amides is 1. The first-order valence-corrected chi connectivity index (χ1v) is 11.2. The Morgan fingerprint density at radius 3 is 1.84 bits per heavy atom. The highest BCUT2D eigenvalue weighted by molar-refractivity contribution is 7.25. The number of carbonyl (C=O) groups excluding carboxylic acids is 3. The van der Waals surface area contributed by atoms with Gasteiger partial charge in [-0.25, -0.2) is 14.7 Å². The maximum absolute atomic E-state index is 12.6. The van der Waals surface area contributed by atoms with E-state index in [9.17, 15) is 18.9 Å². The highest BCUT2D eigenvalue weighted by Crippen LogP contribution is 2.39. The van der Waals surface area contributed by atoms with Gasteiger partial charge in [-0.2, -0.15) is 0 Å². The molecule has 0 saturated heterocycles. The van der Waals surface area contributed by atoms with Gasteiger partial charge in [-0.1, -0.05) is 24.3 Å². The minimum absolute atomic E-state index is 0.00351. The van der Waals surface area contributed by atoms with Crippen LogP contribution in [0.2, 0.25) is 0 Å². The number of hydrogen-bond donors (Lipinski definition) is 1. The van der Waals surface area contributed by atoms with Crippen LogP contribution in [0.5, 0.6) is 0 Å². The number of ether oxygens (including phenoxy) is 2. The molecule has 2 N–H and O–H groups in total. The number of nitrogens with two attached hydrogens (primary N) is 1. The van der Waals surface area contributed by atoms with Crippen LogP contribution in [0.15, 0.2) is 24.3 Å². The Morgan fingerprint density at radius 2 is 1.44 bits per heavy atom. The van der Waals surface area contributed by atoms with Crippen molar-refractivity contribution in [2.45, 2.75) is 39.5 Å². The number of anilines is 1. The minimum atomic E-state index is -1.24. The number of hydrogen-bond acceptors (Lipinski definition) is 8. The second kappa shape index (κ2) is 10.6. The summed E-state index contributed by atoms with van der Waals surface area (Å²) in [7, 11) is 0.212. The summed E-state index contributed by atoms with van der Waals surface area (Å²) in [6, 6.07) is 6.57. The molecule has 1 unspecified atom stereocenters. The van der Waals surface area contributed by atoms with E-state index in [0.717, 1.165) is 5.06 Å². The molecule has 1 atom stereocenters. The van der Waals surface area contributed by atoms with Crippen LogP contribution in [-0.4, -0.2) is 48.5 Å². The van der Waals surface area contributed by atoms with Gasteiger partial charge in [-0.05, 0) is 44.4 Å². The summed E-state index contributed by atoms with van der Waals surface area (Å²) in [5.74, 6) is -1.65. The summed E-state index contributed by atoms with van der Waals surface area (Å²) < 4.78 is 21.5. The molecule has 2 rings (SSSR count). The van der Waals surface area contributed by atoms with Gasteiger partial charge in [-0.15, -0.1) is 0 Å². The molecule has 0 aromatic heterocycles. The highest BCUT2D eigenvalue weighted by Gasteiger charge is 2.31. The molecular weight excluding hydrogens is 435 g/mol. The molecule has 0 aliphatic heterocycles. The Bertz CT molecular complexity index is 950. The molecule has 0 saturated carbocycles. The molecule has 9 nitrogen and oxygen atoms in total. The summed E-state index contributed by atoms with van der Waals surface area (Å²) in [6.45, 7) is 6.89. The summed E-state index contributed by atoms with van der Waals surface area (Å²) in [4.78, 5) is 43.1. The Hall–Kier alpha value is -2.90. The van der Waals surface area contributed by atoms with E-state index in [1.807, 2.05) is 0 Å². The molecule has 2 aliphatic carbocycles. The third kappa shape index (κ3) is 5.66. The average Bonchev–Trinajstić information content (AvgIpc) is 2.86. The SMILES string of the molecule is CCOC(=O)c1c2ccc(CC(=O)N(C)OC(C)(C)[PH2]=O)ccc-2c(C(=O)OCC)c1N. The first kappa shape index (κ1) is 25.4. The number of nitrogens with zero attached hydrogens (tertiary/aromatic N) is 1. The van der Waals surface area contributed by atoms with Crippen molar-refractivity contribution < 1.29 is 33.3 Å². The van der Waals surface area contributed by atoms with E-state index in [1.54, 1.807) is 52.0 Å². The minimum Gasteiger partial charge on any atom is -0.462 e. The second-order valence-corrected chi connectivity index (χ2v) is 9.18. The number of nitrogen functional groups attached to an aromatic ring is 1. The molecule has 0 radical (unpaired) electrons. The topological polar surface area (TPSA) is 125 Å². The van der Waals surface area contributed by atoms with Crippen LogP contribution in [0.25, 0.3) is 11.1 Å². The molecule has 0 spiro atoms. The first-order valence-electron chi connectivity index (χ1n) is 10.2. The molecule has 0 heterocycles. The van der Waals surface area contributed by atoms with Crippen molar-refractivity contribution in [3.05, 3.63) is 41.0 Å². The zero-order valence-corrected chi connectivity index (χ0v) is 20.0. The highest BCUT2D eigenvalue weighted by atomic mass is 31.1. The standard InChI is InChI=1S/C22H29N2O7P/c1-6-29-20(26)17-14-10-8-13(12-16(25)24(5)31-22(3,4)32-28)9-11-15(14)18(19(17)23)21(27)30-7-2/h8-11H,6-7,12,23,32H2,1-5H3. The fourth-order valence-corrected chi connectivity index (χ4v) is 3.34. The van der Waals surface area contributed by atoms with Crippen LogP contribution < -0.4 is 5.73 Å². The van der Waals surface area contributed by atoms with Crippen molar-refractivity contribution in [3.63, 3.8) is 0 Å². The van der Waals surface area contributed by atoms with Crippen molar-refractivity contribution in [2.75, 3.05) is 26.0 Å². The summed E-state index contributed by atoms with van der Waals surface area (Å²) >= 11 is 0. The molecule has 0 aromatic rings. The lowest BCUT2D eigenvalue weighted by Gasteiger charge is -2.25. The summed E-state index contributed by atoms with van der Waals surface area (Å²) in [5.41, 5.74) is 7.76. The molecule has 10 heteroatoms. The van der Waals surface area contributed by atoms with Crippen molar-refractivity contribution in [2.24, 2.45) is 0 Å². The Balaban J connectivity index is 2.47. The molecular formula is C22H29N2O7P. The van der Waals surface area contributed by atoms with Crippen LogP contribution >= 0.6 is 8.46 Å². The third-order valence-electron chi connectivity index (χ3n) is 4.62. The average molecular weight is 464 g/mol. The van der Waals surface area contributed by atoms with Crippen LogP contribution in [-0.2, 0) is 30.1 Å². The van der Waals surface area contributed by atoms with Gasteiger partial charge < -0.3 is 19.8 Å². The van der Waals surface area contributed by atoms with Crippen molar-refractivity contribution in [3.8, 4) is 11.1 Å². The predicted octanol–water partition coefficient (Wildman–Crippen LogP) is 3.15. The molecule has 1 amide bonds. The van der Waals surface area contributed by atoms with E-state index < -0.39 is 25.7 Å². The van der Waals surface area contributed by atoms with Crippen LogP contribution in [0.4, 0.5) is 5.69 Å². The van der Waals surface area contributed by atoms with Crippen LogP contribution in [0.1, 0.15) is 54.0 Å². The molecule has 0 bridgehead atoms. The second-order valence-electron chi connectivity index (χ2n) is 7.55. The zero-order chi connectivity index (χ0) is 24.1. The monoisotopic (exact) mass is 464 g/mol. The summed E-state index contributed by atoms with van der Waals surface area (Å²) in [5, 5.41) is 0.122. The third-order valence-corrected chi connectivity index (χ3v) is 5.29. The molecule has 0 fully saturated rings. The number of esters is 2. The molecule has 174 valence electrons. The van der Waals surface area contributed by atoms with Gasteiger partial charge in [0, 0.05) is 7.05 Å².